The number of hydrogen-bond acceptors (Lipinski definition) is 3. The summed E-state index contributed by atoms with van der Waals surface area (Å²) in [6, 6.07) is 3.02. The van der Waals surface area contributed by atoms with Crippen molar-refractivity contribution in [3.05, 3.63) is 30.1 Å². The molecule has 100 valence electrons. The van der Waals surface area contributed by atoms with Gasteiger partial charge in [-0.25, -0.2) is 4.79 Å². The van der Waals surface area contributed by atoms with E-state index in [9.17, 15) is 18.0 Å². The van der Waals surface area contributed by atoms with Gasteiger partial charge in [-0.15, -0.1) is 0 Å². The van der Waals surface area contributed by atoms with Crippen molar-refractivity contribution in [2.24, 2.45) is 0 Å². The van der Waals surface area contributed by atoms with E-state index in [1.165, 1.54) is 0 Å². The van der Waals surface area contributed by atoms with Crippen LogP contribution < -0.4 is 10.6 Å². The monoisotopic (exact) mass is 279 g/mol. The minimum absolute atomic E-state index is 0.0386. The van der Waals surface area contributed by atoms with E-state index >= 15 is 0 Å². The lowest BCUT2D eigenvalue weighted by Crippen LogP contribution is -2.36. The molecule has 1 rings (SSSR count). The standard InChI is InChI=1S/C10H12F3N3OS/c11-10(12,13)18-5-4-15-9(17)16-7-8-2-1-3-14-6-8/h1-3,6H,4-5,7H2,(H2,15,16,17). The summed E-state index contributed by atoms with van der Waals surface area (Å²) in [5, 5.41) is 4.85. The zero-order valence-electron chi connectivity index (χ0n) is 9.33. The lowest BCUT2D eigenvalue weighted by atomic mass is 10.3. The predicted molar refractivity (Wildman–Crippen MR) is 63.0 cm³/mol. The molecule has 0 unspecified atom stereocenters. The number of hydrogen-bond donors (Lipinski definition) is 2. The molecule has 18 heavy (non-hydrogen) atoms. The van der Waals surface area contributed by atoms with Gasteiger partial charge in [0.05, 0.1) is 0 Å². The number of nitrogens with one attached hydrogen (secondary N) is 2. The largest absolute Gasteiger partial charge is 0.441 e. The predicted octanol–water partition coefficient (Wildman–Crippen LogP) is 2.13. The molecule has 0 aliphatic heterocycles. The maximum absolute atomic E-state index is 11.8. The van der Waals surface area contributed by atoms with Crippen LogP contribution in [0.15, 0.2) is 24.5 Å². The Kier molecular flexibility index (Phi) is 5.76. The van der Waals surface area contributed by atoms with Gasteiger partial charge in [0.1, 0.15) is 0 Å². The highest BCUT2D eigenvalue weighted by Crippen LogP contribution is 2.29. The minimum atomic E-state index is -4.26. The van der Waals surface area contributed by atoms with Crippen LogP contribution >= 0.6 is 11.8 Å². The first-order chi connectivity index (χ1) is 8.47. The summed E-state index contributed by atoms with van der Waals surface area (Å²) < 4.78 is 35.3. The topological polar surface area (TPSA) is 54.0 Å². The molecule has 0 aliphatic rings. The molecule has 2 N–H and O–H groups in total. The lowest BCUT2D eigenvalue weighted by molar-refractivity contribution is -0.0327. The highest BCUT2D eigenvalue weighted by atomic mass is 32.2. The third-order valence-corrected chi connectivity index (χ3v) is 2.56. The van der Waals surface area contributed by atoms with Crippen LogP contribution in [-0.2, 0) is 6.54 Å². The molecule has 0 fully saturated rings. The van der Waals surface area contributed by atoms with Crippen LogP contribution in [0.1, 0.15) is 5.56 Å². The maximum atomic E-state index is 11.8. The Hall–Kier alpha value is -1.44. The number of alkyl halides is 3. The third kappa shape index (κ3) is 7.00. The van der Waals surface area contributed by atoms with Crippen molar-refractivity contribution in [1.29, 1.82) is 0 Å². The van der Waals surface area contributed by atoms with Crippen molar-refractivity contribution in [3.63, 3.8) is 0 Å². The molecule has 4 nitrogen and oxygen atoms in total. The van der Waals surface area contributed by atoms with Gasteiger partial charge in [-0.1, -0.05) is 6.07 Å². The first-order valence-electron chi connectivity index (χ1n) is 5.08. The number of nitrogens with zero attached hydrogens (tertiary/aromatic N) is 1. The Bertz CT molecular complexity index is 372. The normalized spacial score (nSPS) is 11.1. The van der Waals surface area contributed by atoms with Gasteiger partial charge in [0.15, 0.2) is 0 Å². The zero-order valence-corrected chi connectivity index (χ0v) is 10.1. The summed E-state index contributed by atoms with van der Waals surface area (Å²) in [7, 11) is 0. The van der Waals surface area contributed by atoms with Crippen LogP contribution in [0.25, 0.3) is 0 Å². The van der Waals surface area contributed by atoms with E-state index in [-0.39, 0.29) is 30.6 Å². The van der Waals surface area contributed by atoms with Crippen LogP contribution in [0.2, 0.25) is 0 Å². The molecule has 0 aromatic carbocycles. The summed E-state index contributed by atoms with van der Waals surface area (Å²) >= 11 is -0.162. The second kappa shape index (κ2) is 7.10. The fourth-order valence-electron chi connectivity index (χ4n) is 1.08. The van der Waals surface area contributed by atoms with Crippen molar-refractivity contribution in [2.45, 2.75) is 12.1 Å². The Labute approximate surface area is 106 Å². The Morgan fingerprint density at radius 3 is 2.78 bits per heavy atom. The summed E-state index contributed by atoms with van der Waals surface area (Å²) in [5.41, 5.74) is -3.44. The molecule has 0 atom stereocenters. The summed E-state index contributed by atoms with van der Waals surface area (Å²) in [5.74, 6) is -0.205. The molecular formula is C10H12F3N3OS. The van der Waals surface area contributed by atoms with E-state index in [1.54, 1.807) is 24.5 Å². The van der Waals surface area contributed by atoms with Crippen molar-refractivity contribution < 1.29 is 18.0 Å². The number of carbonyl (C=O) groups excluding carboxylic acids is 1. The van der Waals surface area contributed by atoms with Gasteiger partial charge < -0.3 is 10.6 Å². The van der Waals surface area contributed by atoms with Crippen molar-refractivity contribution in [1.82, 2.24) is 15.6 Å². The van der Waals surface area contributed by atoms with Crippen LogP contribution in [0.5, 0.6) is 0 Å². The zero-order chi connectivity index (χ0) is 13.4. The Balaban J connectivity index is 2.11. The first-order valence-corrected chi connectivity index (χ1v) is 6.07. The highest BCUT2D eigenvalue weighted by Gasteiger charge is 2.27. The Morgan fingerprint density at radius 1 is 1.39 bits per heavy atom. The quantitative estimate of drug-likeness (QED) is 0.812. The van der Waals surface area contributed by atoms with Gasteiger partial charge in [-0.2, -0.15) is 13.2 Å². The number of amides is 2. The summed E-state index contributed by atoms with van der Waals surface area (Å²) in [6.45, 7) is 0.245. The maximum Gasteiger partial charge on any atom is 0.441 e. The van der Waals surface area contributed by atoms with Crippen LogP contribution in [-0.4, -0.2) is 28.8 Å². The molecule has 2 amide bonds. The van der Waals surface area contributed by atoms with Crippen LogP contribution in [0.3, 0.4) is 0 Å². The van der Waals surface area contributed by atoms with Gasteiger partial charge in [-0.3, -0.25) is 4.98 Å². The van der Waals surface area contributed by atoms with Crippen molar-refractivity contribution in [3.8, 4) is 0 Å². The van der Waals surface area contributed by atoms with Gasteiger partial charge in [0, 0.05) is 31.2 Å². The molecule has 0 aliphatic carbocycles. The second-order valence-corrected chi connectivity index (χ2v) is 4.42. The van der Waals surface area contributed by atoms with Gasteiger partial charge >= 0.3 is 11.5 Å². The molecule has 0 saturated heterocycles. The van der Waals surface area contributed by atoms with E-state index < -0.39 is 11.5 Å². The van der Waals surface area contributed by atoms with Gasteiger partial charge in [0.25, 0.3) is 0 Å². The second-order valence-electron chi connectivity index (χ2n) is 3.26. The average molecular weight is 279 g/mol. The number of pyridine rings is 1. The SMILES string of the molecule is O=C(NCCSC(F)(F)F)NCc1cccnc1. The van der Waals surface area contributed by atoms with E-state index in [0.29, 0.717) is 0 Å². The number of rotatable bonds is 5. The molecular weight excluding hydrogens is 267 g/mol. The molecule has 8 heteroatoms. The first kappa shape index (κ1) is 14.6. The fraction of sp³-hybridized carbons (Fsp3) is 0.400. The number of carbonyl (C=O) groups is 1. The molecule has 0 radical (unpaired) electrons. The molecule has 1 heterocycles. The smallest absolute Gasteiger partial charge is 0.337 e. The van der Waals surface area contributed by atoms with E-state index in [2.05, 4.69) is 15.6 Å². The molecule has 0 saturated carbocycles. The minimum Gasteiger partial charge on any atom is -0.337 e. The van der Waals surface area contributed by atoms with E-state index in [0.717, 1.165) is 5.56 Å². The third-order valence-electron chi connectivity index (χ3n) is 1.83. The number of urea groups is 1. The van der Waals surface area contributed by atoms with Crippen LogP contribution in [0.4, 0.5) is 18.0 Å². The van der Waals surface area contributed by atoms with Crippen LogP contribution in [0, 0.1) is 0 Å². The number of aromatic nitrogens is 1. The highest BCUT2D eigenvalue weighted by molar-refractivity contribution is 8.00. The van der Waals surface area contributed by atoms with Gasteiger partial charge in [-0.05, 0) is 23.4 Å². The average Bonchev–Trinajstić information content (AvgIpc) is 2.32. The Morgan fingerprint density at radius 2 is 2.17 bits per heavy atom. The molecule has 0 spiro atoms. The number of halogens is 3. The summed E-state index contributed by atoms with van der Waals surface area (Å²) in [4.78, 5) is 15.1. The van der Waals surface area contributed by atoms with Crippen molar-refractivity contribution in [2.75, 3.05) is 12.3 Å². The lowest BCUT2D eigenvalue weighted by Gasteiger charge is -2.08. The fourth-order valence-corrected chi connectivity index (χ4v) is 1.51. The number of thioether (sulfide) groups is 1. The molecule has 1 aromatic rings. The molecule has 1 aromatic heterocycles. The summed E-state index contributed by atoms with van der Waals surface area (Å²) in [6.07, 6.45) is 3.21. The molecule has 0 bridgehead atoms. The van der Waals surface area contributed by atoms with E-state index in [4.69, 9.17) is 0 Å². The van der Waals surface area contributed by atoms with Gasteiger partial charge in [0.2, 0.25) is 0 Å². The van der Waals surface area contributed by atoms with E-state index in [1.807, 2.05) is 0 Å². The van der Waals surface area contributed by atoms with Crippen molar-refractivity contribution >= 4 is 17.8 Å².